The zero-order valence-corrected chi connectivity index (χ0v) is 10.6. The van der Waals surface area contributed by atoms with Crippen molar-refractivity contribution in [3.63, 3.8) is 0 Å². The van der Waals surface area contributed by atoms with Crippen LogP contribution in [0.4, 0.5) is 5.69 Å². The summed E-state index contributed by atoms with van der Waals surface area (Å²) < 4.78 is 2.01. The largest absolute Gasteiger partial charge is 0.379 e. The molecule has 2 aromatic heterocycles. The average molecular weight is 255 g/mol. The first kappa shape index (κ1) is 11.0. The van der Waals surface area contributed by atoms with E-state index < -0.39 is 0 Å². The Labute approximate surface area is 110 Å². The normalized spacial score (nSPS) is 10.4. The third-order valence-corrected chi connectivity index (χ3v) is 3.48. The van der Waals surface area contributed by atoms with Gasteiger partial charge in [0.15, 0.2) is 0 Å². The first-order valence-corrected chi connectivity index (χ1v) is 6.70. The van der Waals surface area contributed by atoms with E-state index in [0.717, 1.165) is 17.9 Å². The van der Waals surface area contributed by atoms with Gasteiger partial charge in [-0.2, -0.15) is 11.3 Å². The van der Waals surface area contributed by atoms with E-state index in [0.29, 0.717) is 0 Å². The van der Waals surface area contributed by atoms with Crippen molar-refractivity contribution in [1.82, 2.24) is 9.55 Å². The van der Waals surface area contributed by atoms with Crippen LogP contribution >= 0.6 is 11.3 Å². The van der Waals surface area contributed by atoms with Gasteiger partial charge in [-0.05, 0) is 34.5 Å². The topological polar surface area (TPSA) is 29.9 Å². The molecular formula is C14H13N3S. The minimum absolute atomic E-state index is 0.842. The van der Waals surface area contributed by atoms with Crippen molar-refractivity contribution in [2.45, 2.75) is 6.54 Å². The van der Waals surface area contributed by atoms with Crippen LogP contribution in [0.2, 0.25) is 0 Å². The van der Waals surface area contributed by atoms with Crippen LogP contribution in [0.5, 0.6) is 0 Å². The van der Waals surface area contributed by atoms with Gasteiger partial charge in [0.1, 0.15) is 0 Å². The Balaban J connectivity index is 1.84. The lowest BCUT2D eigenvalue weighted by Crippen LogP contribution is -2.02. The van der Waals surface area contributed by atoms with E-state index in [1.807, 2.05) is 29.2 Å². The predicted octanol–water partition coefficient (Wildman–Crippen LogP) is 3.55. The molecule has 0 atom stereocenters. The highest BCUT2D eigenvalue weighted by Crippen LogP contribution is 2.20. The van der Waals surface area contributed by atoms with Crippen molar-refractivity contribution in [3.05, 3.63) is 65.4 Å². The maximum atomic E-state index is 4.09. The number of anilines is 1. The molecule has 1 aromatic carbocycles. The van der Waals surface area contributed by atoms with Gasteiger partial charge in [0.05, 0.1) is 17.7 Å². The lowest BCUT2D eigenvalue weighted by atomic mass is 10.2. The van der Waals surface area contributed by atoms with Gasteiger partial charge >= 0.3 is 0 Å². The van der Waals surface area contributed by atoms with Crippen LogP contribution in [0.25, 0.3) is 5.69 Å². The highest BCUT2D eigenvalue weighted by atomic mass is 32.1. The van der Waals surface area contributed by atoms with E-state index in [9.17, 15) is 0 Å². The molecule has 0 bridgehead atoms. The summed E-state index contributed by atoms with van der Waals surface area (Å²) in [6, 6.07) is 10.4. The summed E-state index contributed by atoms with van der Waals surface area (Å²) in [4.78, 5) is 4.09. The summed E-state index contributed by atoms with van der Waals surface area (Å²) in [5, 5.41) is 7.72. The number of nitrogens with zero attached hydrogens (tertiary/aromatic N) is 2. The van der Waals surface area contributed by atoms with Gasteiger partial charge in [-0.1, -0.05) is 12.1 Å². The fourth-order valence-electron chi connectivity index (χ4n) is 1.84. The van der Waals surface area contributed by atoms with Crippen molar-refractivity contribution in [2.75, 3.05) is 5.32 Å². The third-order valence-electron chi connectivity index (χ3n) is 2.75. The molecule has 0 aliphatic rings. The number of benzene rings is 1. The average Bonchev–Trinajstić information content (AvgIpc) is 3.10. The fraction of sp³-hybridized carbons (Fsp3) is 0.0714. The Morgan fingerprint density at radius 3 is 2.94 bits per heavy atom. The molecule has 18 heavy (non-hydrogen) atoms. The highest BCUT2D eigenvalue weighted by molar-refractivity contribution is 7.07. The molecule has 3 nitrogen and oxygen atoms in total. The van der Waals surface area contributed by atoms with Gasteiger partial charge < -0.3 is 9.88 Å². The minimum Gasteiger partial charge on any atom is -0.379 e. The fourth-order valence-corrected chi connectivity index (χ4v) is 2.51. The monoisotopic (exact) mass is 255 g/mol. The summed E-state index contributed by atoms with van der Waals surface area (Å²) in [5.41, 5.74) is 3.53. The first-order valence-electron chi connectivity index (χ1n) is 5.76. The van der Waals surface area contributed by atoms with E-state index in [-0.39, 0.29) is 0 Å². The van der Waals surface area contributed by atoms with Crippen LogP contribution in [0.15, 0.2) is 59.8 Å². The van der Waals surface area contributed by atoms with Crippen LogP contribution in [0.1, 0.15) is 5.56 Å². The highest BCUT2D eigenvalue weighted by Gasteiger charge is 2.03. The maximum Gasteiger partial charge on any atom is 0.0992 e. The summed E-state index contributed by atoms with van der Waals surface area (Å²) >= 11 is 1.72. The quantitative estimate of drug-likeness (QED) is 0.772. The standard InChI is InChI=1S/C14H13N3S/c1-2-4-14(17-7-6-15-11-17)13(3-1)16-9-12-5-8-18-10-12/h1-8,10-11,16H,9H2. The lowest BCUT2D eigenvalue weighted by Gasteiger charge is -2.11. The Morgan fingerprint density at radius 2 is 2.17 bits per heavy atom. The first-order chi connectivity index (χ1) is 8.93. The lowest BCUT2D eigenvalue weighted by molar-refractivity contribution is 1.04. The number of hydrogen-bond acceptors (Lipinski definition) is 3. The summed E-state index contributed by atoms with van der Waals surface area (Å²) in [5.74, 6) is 0. The molecule has 0 saturated heterocycles. The number of para-hydroxylation sites is 2. The number of nitrogens with one attached hydrogen (secondary N) is 1. The van der Waals surface area contributed by atoms with Crippen LogP contribution in [0, 0.1) is 0 Å². The van der Waals surface area contributed by atoms with E-state index >= 15 is 0 Å². The smallest absolute Gasteiger partial charge is 0.0992 e. The van der Waals surface area contributed by atoms with E-state index in [1.54, 1.807) is 17.5 Å². The molecule has 3 aromatic rings. The van der Waals surface area contributed by atoms with E-state index in [4.69, 9.17) is 0 Å². The van der Waals surface area contributed by atoms with Gasteiger partial charge in [0.25, 0.3) is 0 Å². The molecule has 0 unspecified atom stereocenters. The number of imidazole rings is 1. The molecule has 2 heterocycles. The molecule has 3 rings (SSSR count). The van der Waals surface area contributed by atoms with Gasteiger partial charge in [-0.3, -0.25) is 0 Å². The summed E-state index contributed by atoms with van der Waals surface area (Å²) in [7, 11) is 0. The summed E-state index contributed by atoms with van der Waals surface area (Å²) in [6.07, 6.45) is 5.55. The Morgan fingerprint density at radius 1 is 1.22 bits per heavy atom. The zero-order valence-electron chi connectivity index (χ0n) is 9.78. The van der Waals surface area contributed by atoms with Crippen molar-refractivity contribution in [1.29, 1.82) is 0 Å². The Hall–Kier alpha value is -2.07. The molecule has 0 radical (unpaired) electrons. The second-order valence-corrected chi connectivity index (χ2v) is 4.75. The molecule has 1 N–H and O–H groups in total. The second-order valence-electron chi connectivity index (χ2n) is 3.97. The van der Waals surface area contributed by atoms with Crippen molar-refractivity contribution in [2.24, 2.45) is 0 Å². The minimum atomic E-state index is 0.842. The van der Waals surface area contributed by atoms with Crippen LogP contribution < -0.4 is 5.32 Å². The van der Waals surface area contributed by atoms with E-state index in [2.05, 4.69) is 39.3 Å². The second kappa shape index (κ2) is 5.06. The van der Waals surface area contributed by atoms with Crippen molar-refractivity contribution in [3.8, 4) is 5.69 Å². The Kier molecular flexibility index (Phi) is 3.10. The van der Waals surface area contributed by atoms with E-state index in [1.165, 1.54) is 5.56 Å². The number of thiophene rings is 1. The van der Waals surface area contributed by atoms with Crippen LogP contribution in [-0.2, 0) is 6.54 Å². The molecule has 0 aliphatic heterocycles. The van der Waals surface area contributed by atoms with Crippen LogP contribution in [0.3, 0.4) is 0 Å². The third kappa shape index (κ3) is 2.28. The van der Waals surface area contributed by atoms with Gasteiger partial charge in [0.2, 0.25) is 0 Å². The predicted molar refractivity (Wildman–Crippen MR) is 75.2 cm³/mol. The van der Waals surface area contributed by atoms with Crippen molar-refractivity contribution < 1.29 is 0 Å². The maximum absolute atomic E-state index is 4.09. The zero-order chi connectivity index (χ0) is 12.2. The molecule has 4 heteroatoms. The van der Waals surface area contributed by atoms with Gasteiger partial charge in [0, 0.05) is 18.9 Å². The molecule has 0 spiro atoms. The number of hydrogen-bond donors (Lipinski definition) is 1. The van der Waals surface area contributed by atoms with Gasteiger partial charge in [-0.15, -0.1) is 0 Å². The molecule has 0 amide bonds. The Bertz CT molecular complexity index is 600. The molecule has 0 saturated carbocycles. The molecule has 90 valence electrons. The molecule has 0 fully saturated rings. The number of aromatic nitrogens is 2. The molecular weight excluding hydrogens is 242 g/mol. The van der Waals surface area contributed by atoms with Crippen LogP contribution in [-0.4, -0.2) is 9.55 Å². The SMILES string of the molecule is c1ccc(-n2ccnc2)c(NCc2ccsc2)c1. The van der Waals surface area contributed by atoms with Crippen molar-refractivity contribution >= 4 is 17.0 Å². The number of rotatable bonds is 4. The summed E-state index contributed by atoms with van der Waals surface area (Å²) in [6.45, 7) is 0.842. The van der Waals surface area contributed by atoms with Gasteiger partial charge in [-0.25, -0.2) is 4.98 Å². The molecule has 0 aliphatic carbocycles.